The zero-order valence-electron chi connectivity index (χ0n) is 10.6. The maximum absolute atomic E-state index is 12.9. The van der Waals surface area contributed by atoms with E-state index in [0.717, 1.165) is 6.42 Å². The van der Waals surface area contributed by atoms with E-state index in [1.54, 1.807) is 6.07 Å². The molecule has 0 bridgehead atoms. The normalized spacial score (nSPS) is 12.4. The summed E-state index contributed by atoms with van der Waals surface area (Å²) in [6, 6.07) is 5.51. The van der Waals surface area contributed by atoms with E-state index in [2.05, 4.69) is 19.2 Å². The first kappa shape index (κ1) is 14.8. The summed E-state index contributed by atoms with van der Waals surface area (Å²) in [5.41, 5.74) is 0. The van der Waals surface area contributed by atoms with Gasteiger partial charge in [0.15, 0.2) is 0 Å². The van der Waals surface area contributed by atoms with E-state index < -0.39 is 16.6 Å². The lowest BCUT2D eigenvalue weighted by Crippen LogP contribution is -2.29. The van der Waals surface area contributed by atoms with Crippen LogP contribution >= 0.6 is 0 Å². The third-order valence-corrected chi connectivity index (χ3v) is 3.67. The van der Waals surface area contributed by atoms with E-state index >= 15 is 0 Å². The van der Waals surface area contributed by atoms with Crippen LogP contribution in [0.25, 0.3) is 0 Å². The molecule has 0 aliphatic heterocycles. The lowest BCUT2D eigenvalue weighted by atomic mass is 10.1. The van der Waals surface area contributed by atoms with E-state index in [4.69, 9.17) is 0 Å². The molecule has 1 amide bonds. The minimum absolute atomic E-state index is 0.123. The lowest BCUT2D eigenvalue weighted by molar-refractivity contribution is -0.118. The molecule has 1 atom stereocenters. The van der Waals surface area contributed by atoms with Gasteiger partial charge in [-0.2, -0.15) is 0 Å². The number of hydrogen-bond acceptors (Lipinski definition) is 2. The van der Waals surface area contributed by atoms with Gasteiger partial charge < -0.3 is 5.32 Å². The van der Waals surface area contributed by atoms with Crippen LogP contribution < -0.4 is 5.32 Å². The average Bonchev–Trinajstić information content (AvgIpc) is 2.28. The molecule has 0 aromatic heterocycles. The fourth-order valence-corrected chi connectivity index (χ4v) is 2.34. The molecule has 0 radical (unpaired) electrons. The summed E-state index contributed by atoms with van der Waals surface area (Å²) >= 11 is 0. The Kier molecular flexibility index (Phi) is 5.98. The number of amides is 1. The molecule has 0 heterocycles. The molecule has 0 spiro atoms. The molecule has 1 rings (SSSR count). The van der Waals surface area contributed by atoms with Crippen molar-refractivity contribution in [2.45, 2.75) is 25.2 Å². The molecule has 1 N–H and O–H groups in total. The number of carbonyl (C=O) groups excluding carboxylic acids is 1. The van der Waals surface area contributed by atoms with Gasteiger partial charge in [0.05, 0.1) is 10.8 Å². The fraction of sp³-hybridized carbons (Fsp3) is 0.462. The largest absolute Gasteiger partial charge is 0.355 e. The Morgan fingerprint density at radius 2 is 2.17 bits per heavy atom. The van der Waals surface area contributed by atoms with Crippen molar-refractivity contribution in [1.29, 1.82) is 0 Å². The highest BCUT2D eigenvalue weighted by Crippen LogP contribution is 2.08. The van der Waals surface area contributed by atoms with Gasteiger partial charge >= 0.3 is 0 Å². The molecular weight excluding hydrogens is 253 g/mol. The fourth-order valence-electron chi connectivity index (χ4n) is 1.36. The second kappa shape index (κ2) is 7.26. The van der Waals surface area contributed by atoms with Gasteiger partial charge in [-0.15, -0.1) is 0 Å². The van der Waals surface area contributed by atoms with Crippen LogP contribution in [0.4, 0.5) is 4.39 Å². The third-order valence-electron chi connectivity index (χ3n) is 2.37. The number of nitrogens with one attached hydrogen (secondary N) is 1. The van der Waals surface area contributed by atoms with Crippen molar-refractivity contribution in [3.05, 3.63) is 30.1 Å². The van der Waals surface area contributed by atoms with Crippen molar-refractivity contribution in [2.24, 2.45) is 5.92 Å². The molecule has 0 aliphatic carbocycles. The van der Waals surface area contributed by atoms with Crippen LogP contribution in [0.3, 0.4) is 0 Å². The molecule has 1 unspecified atom stereocenters. The first-order valence-corrected chi connectivity index (χ1v) is 7.21. The van der Waals surface area contributed by atoms with Crippen molar-refractivity contribution in [2.75, 3.05) is 12.3 Å². The number of carbonyl (C=O) groups is 1. The number of benzene rings is 1. The standard InChI is InChI=1S/C13H18FNO2S/c1-10(2)6-7-15-13(16)9-18(17)12-5-3-4-11(14)8-12/h3-5,8,10H,6-7,9H2,1-2H3,(H,15,16). The van der Waals surface area contributed by atoms with Gasteiger partial charge in [-0.1, -0.05) is 19.9 Å². The molecule has 0 saturated heterocycles. The Morgan fingerprint density at radius 1 is 1.44 bits per heavy atom. The number of halogens is 1. The second-order valence-electron chi connectivity index (χ2n) is 4.48. The number of hydrogen-bond donors (Lipinski definition) is 1. The van der Waals surface area contributed by atoms with Crippen LogP contribution in [-0.4, -0.2) is 22.4 Å². The van der Waals surface area contributed by atoms with Gasteiger partial charge in [0.25, 0.3) is 0 Å². The van der Waals surface area contributed by atoms with Crippen molar-refractivity contribution < 1.29 is 13.4 Å². The minimum atomic E-state index is -1.49. The molecule has 100 valence electrons. The molecule has 5 heteroatoms. The first-order valence-electron chi connectivity index (χ1n) is 5.89. The van der Waals surface area contributed by atoms with Crippen molar-refractivity contribution in [3.8, 4) is 0 Å². The van der Waals surface area contributed by atoms with Crippen molar-refractivity contribution in [1.82, 2.24) is 5.32 Å². The Balaban J connectivity index is 2.42. The van der Waals surface area contributed by atoms with Gasteiger partial charge in [0.2, 0.25) is 5.91 Å². The van der Waals surface area contributed by atoms with Gasteiger partial charge in [0.1, 0.15) is 11.6 Å². The Morgan fingerprint density at radius 3 is 2.78 bits per heavy atom. The predicted molar refractivity (Wildman–Crippen MR) is 70.1 cm³/mol. The third kappa shape index (κ3) is 5.40. The quantitative estimate of drug-likeness (QED) is 0.861. The van der Waals surface area contributed by atoms with Crippen LogP contribution in [0.5, 0.6) is 0 Å². The molecule has 0 fully saturated rings. The van der Waals surface area contributed by atoms with Gasteiger partial charge in [-0.25, -0.2) is 4.39 Å². The SMILES string of the molecule is CC(C)CCNC(=O)CS(=O)c1cccc(F)c1. The smallest absolute Gasteiger partial charge is 0.232 e. The zero-order chi connectivity index (χ0) is 13.5. The molecule has 0 saturated carbocycles. The van der Waals surface area contributed by atoms with E-state index in [1.807, 2.05) is 0 Å². The van der Waals surface area contributed by atoms with Crippen LogP contribution in [0, 0.1) is 11.7 Å². The van der Waals surface area contributed by atoms with E-state index in [0.29, 0.717) is 17.4 Å². The lowest BCUT2D eigenvalue weighted by Gasteiger charge is -2.07. The molecular formula is C13H18FNO2S. The van der Waals surface area contributed by atoms with Gasteiger partial charge in [-0.3, -0.25) is 9.00 Å². The average molecular weight is 271 g/mol. The monoisotopic (exact) mass is 271 g/mol. The Hall–Kier alpha value is -1.23. The van der Waals surface area contributed by atoms with Crippen LogP contribution in [0.15, 0.2) is 29.2 Å². The molecule has 1 aromatic carbocycles. The topological polar surface area (TPSA) is 46.2 Å². The molecule has 1 aromatic rings. The summed E-state index contributed by atoms with van der Waals surface area (Å²) in [5.74, 6) is -0.319. The highest BCUT2D eigenvalue weighted by atomic mass is 32.2. The minimum Gasteiger partial charge on any atom is -0.355 e. The van der Waals surface area contributed by atoms with E-state index in [-0.39, 0.29) is 11.7 Å². The summed E-state index contributed by atoms with van der Waals surface area (Å²) < 4.78 is 24.7. The first-order chi connectivity index (χ1) is 8.49. The van der Waals surface area contributed by atoms with E-state index in [1.165, 1.54) is 18.2 Å². The molecule has 0 aliphatic rings. The summed E-state index contributed by atoms with van der Waals surface area (Å²) in [6.07, 6.45) is 0.887. The highest BCUT2D eigenvalue weighted by Gasteiger charge is 2.10. The van der Waals surface area contributed by atoms with Crippen LogP contribution in [0.2, 0.25) is 0 Å². The summed E-state index contributed by atoms with van der Waals surface area (Å²) in [6.45, 7) is 4.71. The second-order valence-corrected chi connectivity index (χ2v) is 5.93. The molecule has 3 nitrogen and oxygen atoms in total. The van der Waals surface area contributed by atoms with Crippen molar-refractivity contribution in [3.63, 3.8) is 0 Å². The summed E-state index contributed by atoms with van der Waals surface area (Å²) in [4.78, 5) is 11.8. The van der Waals surface area contributed by atoms with Crippen LogP contribution in [-0.2, 0) is 15.6 Å². The van der Waals surface area contributed by atoms with Gasteiger partial charge in [0, 0.05) is 11.4 Å². The van der Waals surface area contributed by atoms with Gasteiger partial charge in [-0.05, 0) is 30.5 Å². The number of rotatable bonds is 6. The Bertz CT molecular complexity index is 435. The van der Waals surface area contributed by atoms with Crippen molar-refractivity contribution >= 4 is 16.7 Å². The predicted octanol–water partition coefficient (Wildman–Crippen LogP) is 2.10. The molecule has 18 heavy (non-hydrogen) atoms. The Labute approximate surface area is 109 Å². The summed E-state index contributed by atoms with van der Waals surface area (Å²) in [7, 11) is -1.49. The zero-order valence-corrected chi connectivity index (χ0v) is 11.4. The maximum atomic E-state index is 12.9. The highest BCUT2D eigenvalue weighted by molar-refractivity contribution is 7.85. The van der Waals surface area contributed by atoms with Crippen LogP contribution in [0.1, 0.15) is 20.3 Å². The van der Waals surface area contributed by atoms with E-state index in [9.17, 15) is 13.4 Å². The maximum Gasteiger partial charge on any atom is 0.232 e. The summed E-state index contributed by atoms with van der Waals surface area (Å²) in [5, 5.41) is 2.70.